The molecule has 0 aliphatic carbocycles. The van der Waals surface area contributed by atoms with Crippen molar-refractivity contribution in [3.63, 3.8) is 0 Å². The number of hydrogen-bond acceptors (Lipinski definition) is 4. The number of nitrogens with zero attached hydrogens (tertiary/aromatic N) is 2. The maximum atomic E-state index is 11.8. The van der Waals surface area contributed by atoms with Gasteiger partial charge in [0.15, 0.2) is 10.9 Å². The van der Waals surface area contributed by atoms with Crippen LogP contribution in [0.1, 0.15) is 48.3 Å². The Kier molecular flexibility index (Phi) is 4.08. The molecule has 3 rings (SSSR count). The van der Waals surface area contributed by atoms with Gasteiger partial charge in [-0.15, -0.1) is 11.3 Å². The molecule has 22 heavy (non-hydrogen) atoms. The van der Waals surface area contributed by atoms with E-state index >= 15 is 0 Å². The molecule has 2 aromatic rings. The van der Waals surface area contributed by atoms with Crippen LogP contribution in [0.4, 0.5) is 5.13 Å². The zero-order valence-corrected chi connectivity index (χ0v) is 14.5. The predicted octanol–water partition coefficient (Wildman–Crippen LogP) is 4.19. The summed E-state index contributed by atoms with van der Waals surface area (Å²) >= 11 is 1.70. The lowest BCUT2D eigenvalue weighted by Gasteiger charge is -2.30. The molecule has 1 atom stereocenters. The first-order chi connectivity index (χ1) is 10.5. The molecule has 1 N–H and O–H groups in total. The number of carbonyl (C=O) groups excluding carboxylic acids is 1. The molecule has 0 saturated carbocycles. The normalized spacial score (nSPS) is 18.7. The number of anilines is 1. The maximum absolute atomic E-state index is 11.8. The van der Waals surface area contributed by atoms with Gasteiger partial charge in [0.25, 0.3) is 0 Å². The third-order valence-corrected chi connectivity index (χ3v) is 5.37. The molecule has 1 aliphatic heterocycles. The molecule has 5 heteroatoms. The molecule has 0 aromatic carbocycles. The number of thiazole rings is 1. The first-order valence-corrected chi connectivity index (χ1v) is 8.76. The third kappa shape index (κ3) is 2.70. The van der Waals surface area contributed by atoms with Crippen LogP contribution in [0.25, 0.3) is 11.4 Å². The topological polar surface area (TPSA) is 49.0 Å². The predicted molar refractivity (Wildman–Crippen MR) is 92.0 cm³/mol. The van der Waals surface area contributed by atoms with E-state index in [4.69, 9.17) is 4.98 Å². The average molecular weight is 317 g/mol. The third-order valence-electron chi connectivity index (χ3n) is 4.47. The van der Waals surface area contributed by atoms with Crippen LogP contribution in [0.2, 0.25) is 0 Å². The number of aromatic amines is 1. The van der Waals surface area contributed by atoms with Gasteiger partial charge in [0.2, 0.25) is 0 Å². The quantitative estimate of drug-likeness (QED) is 0.863. The molecular formula is C17H23N3OS. The van der Waals surface area contributed by atoms with E-state index in [1.54, 1.807) is 18.3 Å². The SMILES string of the molecule is CC(=O)c1c(C)[nH]c(-c2csc(N3CCCC(C)C3)n2)c1C. The molecule has 118 valence electrons. The summed E-state index contributed by atoms with van der Waals surface area (Å²) in [6.07, 6.45) is 2.55. The minimum atomic E-state index is 0.109. The number of H-pyrrole nitrogens is 1. The highest BCUT2D eigenvalue weighted by molar-refractivity contribution is 7.14. The Bertz CT molecular complexity index is 701. The van der Waals surface area contributed by atoms with E-state index < -0.39 is 0 Å². The summed E-state index contributed by atoms with van der Waals surface area (Å²) in [7, 11) is 0. The highest BCUT2D eigenvalue weighted by atomic mass is 32.1. The van der Waals surface area contributed by atoms with Crippen LogP contribution in [0.5, 0.6) is 0 Å². The Balaban J connectivity index is 1.91. The summed E-state index contributed by atoms with van der Waals surface area (Å²) < 4.78 is 0. The molecule has 1 unspecified atom stereocenters. The molecular weight excluding hydrogens is 294 g/mol. The molecule has 0 radical (unpaired) electrons. The van der Waals surface area contributed by atoms with Crippen molar-refractivity contribution in [1.29, 1.82) is 0 Å². The van der Waals surface area contributed by atoms with Crippen molar-refractivity contribution < 1.29 is 4.79 Å². The van der Waals surface area contributed by atoms with Crippen LogP contribution < -0.4 is 4.90 Å². The van der Waals surface area contributed by atoms with Gasteiger partial charge in [-0.2, -0.15) is 0 Å². The Labute approximate surface area is 135 Å². The van der Waals surface area contributed by atoms with Crippen LogP contribution in [-0.4, -0.2) is 28.8 Å². The van der Waals surface area contributed by atoms with Gasteiger partial charge in [0, 0.05) is 29.7 Å². The summed E-state index contributed by atoms with van der Waals surface area (Å²) in [5.41, 5.74) is 4.67. The number of nitrogens with one attached hydrogen (secondary N) is 1. The lowest BCUT2D eigenvalue weighted by Crippen LogP contribution is -2.34. The first-order valence-electron chi connectivity index (χ1n) is 7.88. The van der Waals surface area contributed by atoms with E-state index in [1.807, 2.05) is 13.8 Å². The van der Waals surface area contributed by atoms with Crippen LogP contribution in [-0.2, 0) is 0 Å². The molecule has 1 aliphatic rings. The zero-order valence-electron chi connectivity index (χ0n) is 13.7. The van der Waals surface area contributed by atoms with Crippen molar-refractivity contribution in [1.82, 2.24) is 9.97 Å². The van der Waals surface area contributed by atoms with Crippen molar-refractivity contribution in [2.45, 2.75) is 40.5 Å². The molecule has 0 bridgehead atoms. The van der Waals surface area contributed by atoms with Gasteiger partial charge in [-0.05, 0) is 45.1 Å². The van der Waals surface area contributed by atoms with Crippen molar-refractivity contribution in [2.24, 2.45) is 5.92 Å². The molecule has 3 heterocycles. The standard InChI is InChI=1S/C17H23N3OS/c1-10-6-5-7-20(8-10)17-19-14(9-22-17)16-11(2)15(13(4)21)12(3)18-16/h9-10,18H,5-8H2,1-4H3. The number of ketones is 1. The second-order valence-corrected chi connectivity index (χ2v) is 7.23. The van der Waals surface area contributed by atoms with Gasteiger partial charge in [-0.1, -0.05) is 6.92 Å². The van der Waals surface area contributed by atoms with Crippen LogP contribution in [0.15, 0.2) is 5.38 Å². The minimum Gasteiger partial charge on any atom is -0.356 e. The van der Waals surface area contributed by atoms with E-state index in [0.717, 1.165) is 52.3 Å². The van der Waals surface area contributed by atoms with E-state index in [1.165, 1.54) is 12.8 Å². The summed E-state index contributed by atoms with van der Waals surface area (Å²) in [4.78, 5) is 22.3. The Morgan fingerprint density at radius 2 is 2.23 bits per heavy atom. The number of rotatable bonds is 3. The lowest BCUT2D eigenvalue weighted by atomic mass is 10.0. The van der Waals surface area contributed by atoms with Crippen LogP contribution in [0.3, 0.4) is 0 Å². The van der Waals surface area contributed by atoms with Crippen molar-refractivity contribution in [3.8, 4) is 11.4 Å². The molecule has 2 aromatic heterocycles. The number of carbonyl (C=O) groups is 1. The van der Waals surface area contributed by atoms with Gasteiger partial charge in [0.1, 0.15) is 5.69 Å². The molecule has 1 fully saturated rings. The largest absolute Gasteiger partial charge is 0.356 e. The van der Waals surface area contributed by atoms with E-state index in [-0.39, 0.29) is 5.78 Å². The smallest absolute Gasteiger partial charge is 0.185 e. The van der Waals surface area contributed by atoms with E-state index in [9.17, 15) is 4.79 Å². The fourth-order valence-corrected chi connectivity index (χ4v) is 4.28. The zero-order chi connectivity index (χ0) is 15.9. The fraction of sp³-hybridized carbons (Fsp3) is 0.529. The summed E-state index contributed by atoms with van der Waals surface area (Å²) in [6.45, 7) is 10.1. The first kappa shape index (κ1) is 15.3. The van der Waals surface area contributed by atoms with Gasteiger partial charge in [-0.25, -0.2) is 4.98 Å². The Hall–Kier alpha value is -1.62. The van der Waals surface area contributed by atoms with Crippen molar-refractivity contribution in [3.05, 3.63) is 22.2 Å². The molecule has 0 amide bonds. The van der Waals surface area contributed by atoms with E-state index in [2.05, 4.69) is 22.2 Å². The number of piperidine rings is 1. The molecule has 0 spiro atoms. The van der Waals surface area contributed by atoms with Crippen molar-refractivity contribution >= 4 is 22.3 Å². The Morgan fingerprint density at radius 1 is 1.45 bits per heavy atom. The highest BCUT2D eigenvalue weighted by Gasteiger charge is 2.21. The summed E-state index contributed by atoms with van der Waals surface area (Å²) in [5.74, 6) is 0.845. The number of hydrogen-bond donors (Lipinski definition) is 1. The second-order valence-electron chi connectivity index (χ2n) is 6.39. The van der Waals surface area contributed by atoms with Crippen molar-refractivity contribution in [2.75, 3.05) is 18.0 Å². The number of aryl methyl sites for hydroxylation is 1. The van der Waals surface area contributed by atoms with E-state index in [0.29, 0.717) is 0 Å². The molecule has 4 nitrogen and oxygen atoms in total. The van der Waals surface area contributed by atoms with Gasteiger partial charge in [-0.3, -0.25) is 4.79 Å². The summed E-state index contributed by atoms with van der Waals surface area (Å²) in [5, 5.41) is 3.19. The van der Waals surface area contributed by atoms with Gasteiger partial charge >= 0.3 is 0 Å². The summed E-state index contributed by atoms with van der Waals surface area (Å²) in [6, 6.07) is 0. The van der Waals surface area contributed by atoms with Gasteiger partial charge in [0.05, 0.1) is 5.69 Å². The molecule has 1 saturated heterocycles. The maximum Gasteiger partial charge on any atom is 0.185 e. The fourth-order valence-electron chi connectivity index (χ4n) is 3.42. The average Bonchev–Trinajstić information content (AvgIpc) is 3.03. The van der Waals surface area contributed by atoms with Gasteiger partial charge < -0.3 is 9.88 Å². The van der Waals surface area contributed by atoms with Crippen LogP contribution >= 0.6 is 11.3 Å². The second kappa shape index (κ2) is 5.88. The highest BCUT2D eigenvalue weighted by Crippen LogP contribution is 2.33. The lowest BCUT2D eigenvalue weighted by molar-refractivity contribution is 0.101. The Morgan fingerprint density at radius 3 is 2.86 bits per heavy atom. The number of Topliss-reactive ketones (excluding diaryl/α,β-unsaturated/α-hetero) is 1. The monoisotopic (exact) mass is 317 g/mol. The number of aromatic nitrogens is 2. The van der Waals surface area contributed by atoms with Crippen LogP contribution in [0, 0.1) is 19.8 Å². The minimum absolute atomic E-state index is 0.109.